The Morgan fingerprint density at radius 3 is 2.46 bits per heavy atom. The molecule has 1 aliphatic heterocycles. The summed E-state index contributed by atoms with van der Waals surface area (Å²) in [6.45, 7) is 1.89. The van der Waals surface area contributed by atoms with Gasteiger partial charge in [-0.2, -0.15) is 0 Å². The number of aliphatic carboxylic acids is 1. The summed E-state index contributed by atoms with van der Waals surface area (Å²) < 4.78 is 0. The number of rotatable bonds is 5. The van der Waals surface area contributed by atoms with Crippen molar-refractivity contribution in [3.05, 3.63) is 28.8 Å². The van der Waals surface area contributed by atoms with Crippen molar-refractivity contribution < 1.29 is 19.5 Å². The average molecular weight is 408 g/mol. The van der Waals surface area contributed by atoms with E-state index in [-0.39, 0.29) is 22.4 Å². The van der Waals surface area contributed by atoms with Crippen LogP contribution in [0.2, 0.25) is 5.02 Å². The van der Waals surface area contributed by atoms with Crippen molar-refractivity contribution in [2.45, 2.75) is 51.5 Å². The molecule has 1 aromatic carbocycles. The number of anilines is 1. The van der Waals surface area contributed by atoms with E-state index in [1.807, 2.05) is 0 Å². The minimum Gasteiger partial charge on any atom is -0.480 e. The van der Waals surface area contributed by atoms with E-state index in [1.54, 1.807) is 11.1 Å². The van der Waals surface area contributed by atoms with Crippen LogP contribution in [0.15, 0.2) is 18.2 Å². The van der Waals surface area contributed by atoms with Crippen molar-refractivity contribution in [1.82, 2.24) is 10.4 Å². The van der Waals surface area contributed by atoms with Gasteiger partial charge in [0.2, 0.25) is 5.91 Å². The zero-order valence-electron chi connectivity index (χ0n) is 15.9. The topological polar surface area (TPSA) is 98.7 Å². The second-order valence-corrected chi connectivity index (χ2v) is 8.05. The quantitative estimate of drug-likeness (QED) is 0.695. The third-order valence-electron chi connectivity index (χ3n) is 5.73. The van der Waals surface area contributed by atoms with Gasteiger partial charge in [-0.15, -0.1) is 0 Å². The Labute approximate surface area is 169 Å². The molecule has 3 rings (SSSR count). The fraction of sp³-hybridized carbons (Fsp3) is 0.550. The predicted octanol–water partition coefficient (Wildman–Crippen LogP) is 3.30. The summed E-state index contributed by atoms with van der Waals surface area (Å²) in [5.74, 6) is -1.13. The molecule has 1 heterocycles. The first-order chi connectivity index (χ1) is 13.4. The summed E-state index contributed by atoms with van der Waals surface area (Å²) in [5, 5.41) is 14.1. The molecule has 28 heavy (non-hydrogen) atoms. The zero-order chi connectivity index (χ0) is 20.3. The zero-order valence-corrected chi connectivity index (χ0v) is 16.7. The number of amides is 2. The molecule has 152 valence electrons. The highest BCUT2D eigenvalue weighted by Crippen LogP contribution is 2.38. The van der Waals surface area contributed by atoms with Crippen LogP contribution < -0.4 is 10.7 Å². The van der Waals surface area contributed by atoms with Gasteiger partial charge < -0.3 is 10.4 Å². The normalized spacial score (nSPS) is 23.4. The molecule has 0 spiro atoms. The van der Waals surface area contributed by atoms with Crippen LogP contribution in [0.5, 0.6) is 0 Å². The molecule has 8 heteroatoms. The number of hydrogen-bond donors (Lipinski definition) is 3. The lowest BCUT2D eigenvalue weighted by Crippen LogP contribution is -2.51. The van der Waals surface area contributed by atoms with Crippen LogP contribution in [0.25, 0.3) is 0 Å². The van der Waals surface area contributed by atoms with Crippen LogP contribution in [0, 0.1) is 11.8 Å². The molecule has 2 amide bonds. The van der Waals surface area contributed by atoms with E-state index < -0.39 is 17.9 Å². The van der Waals surface area contributed by atoms with Gasteiger partial charge in [-0.1, -0.05) is 43.7 Å². The van der Waals surface area contributed by atoms with Crippen LogP contribution >= 0.6 is 11.6 Å². The number of hydrogen-bond acceptors (Lipinski definition) is 4. The Morgan fingerprint density at radius 1 is 1.14 bits per heavy atom. The first kappa shape index (κ1) is 20.6. The average Bonchev–Trinajstić information content (AvgIpc) is 3.05. The Bertz CT molecular complexity index is 764. The molecular weight excluding hydrogens is 382 g/mol. The van der Waals surface area contributed by atoms with Gasteiger partial charge >= 0.3 is 5.97 Å². The Balaban J connectivity index is 1.70. The molecular formula is C20H26ClN3O4. The lowest BCUT2D eigenvalue weighted by Gasteiger charge is -2.32. The van der Waals surface area contributed by atoms with Gasteiger partial charge in [0.05, 0.1) is 10.6 Å². The number of carboxylic acid groups (broad SMARTS) is 1. The monoisotopic (exact) mass is 407 g/mol. The molecule has 3 N–H and O–H groups in total. The number of carboxylic acids is 1. The first-order valence-corrected chi connectivity index (χ1v) is 10.1. The maximum Gasteiger partial charge on any atom is 0.323 e. The molecule has 1 saturated carbocycles. The van der Waals surface area contributed by atoms with Crippen molar-refractivity contribution in [2.75, 3.05) is 11.9 Å². The number of nitrogens with one attached hydrogen (secondary N) is 2. The molecule has 0 radical (unpaired) electrons. The lowest BCUT2D eigenvalue weighted by atomic mass is 9.77. The molecule has 1 aromatic rings. The fourth-order valence-electron chi connectivity index (χ4n) is 4.48. The van der Waals surface area contributed by atoms with Crippen molar-refractivity contribution in [3.8, 4) is 0 Å². The van der Waals surface area contributed by atoms with Gasteiger partial charge in [-0.25, -0.2) is 5.01 Å². The maximum atomic E-state index is 12.7. The standard InChI is InChI=1S/C20H26ClN3O4/c1-12(25)22-14-7-8-16(17(21)11-14)19(26)23-24-10-9-15(18(24)20(27)28)13-5-3-2-4-6-13/h7-8,11,13,15,18H,2-6,9-10H2,1H3,(H,22,25)(H,23,26)(H,27,28)/t15-,18-/m0/s1. The van der Waals surface area contributed by atoms with E-state index in [4.69, 9.17) is 11.6 Å². The van der Waals surface area contributed by atoms with Gasteiger partial charge in [0.25, 0.3) is 5.91 Å². The summed E-state index contributed by atoms with van der Waals surface area (Å²) >= 11 is 6.20. The largest absolute Gasteiger partial charge is 0.480 e. The van der Waals surface area contributed by atoms with E-state index >= 15 is 0 Å². The summed E-state index contributed by atoms with van der Waals surface area (Å²) in [6, 6.07) is 3.89. The van der Waals surface area contributed by atoms with Gasteiger partial charge in [0.1, 0.15) is 6.04 Å². The highest BCUT2D eigenvalue weighted by Gasteiger charge is 2.44. The van der Waals surface area contributed by atoms with Gasteiger partial charge in [-0.05, 0) is 36.5 Å². The maximum absolute atomic E-state index is 12.7. The second kappa shape index (κ2) is 8.92. The molecule has 0 aromatic heterocycles. The third-order valence-corrected chi connectivity index (χ3v) is 6.04. The fourth-order valence-corrected chi connectivity index (χ4v) is 4.75. The Kier molecular flexibility index (Phi) is 6.57. The van der Waals surface area contributed by atoms with Gasteiger partial charge in [0.15, 0.2) is 0 Å². The molecule has 2 fully saturated rings. The van der Waals surface area contributed by atoms with Crippen molar-refractivity contribution in [2.24, 2.45) is 11.8 Å². The second-order valence-electron chi connectivity index (χ2n) is 7.64. The van der Waals surface area contributed by atoms with E-state index in [2.05, 4.69) is 10.7 Å². The van der Waals surface area contributed by atoms with Crippen LogP contribution in [-0.4, -0.2) is 40.5 Å². The summed E-state index contributed by atoms with van der Waals surface area (Å²) in [4.78, 5) is 35.8. The number of carbonyl (C=O) groups is 3. The lowest BCUT2D eigenvalue weighted by molar-refractivity contribution is -0.145. The minimum absolute atomic E-state index is 0.0516. The van der Waals surface area contributed by atoms with Crippen LogP contribution in [0.4, 0.5) is 5.69 Å². The first-order valence-electron chi connectivity index (χ1n) is 9.74. The number of benzene rings is 1. The molecule has 2 aliphatic rings. The molecule has 1 aliphatic carbocycles. The molecule has 0 bridgehead atoms. The van der Waals surface area contributed by atoms with E-state index in [1.165, 1.54) is 25.5 Å². The Hall–Kier alpha value is -2.12. The Morgan fingerprint density at radius 2 is 1.86 bits per heavy atom. The number of halogens is 1. The number of carbonyl (C=O) groups excluding carboxylic acids is 2. The summed E-state index contributed by atoms with van der Waals surface area (Å²) in [6.07, 6.45) is 6.40. The summed E-state index contributed by atoms with van der Waals surface area (Å²) in [5.41, 5.74) is 3.47. The molecule has 1 saturated heterocycles. The van der Waals surface area contributed by atoms with Crippen LogP contribution in [0.3, 0.4) is 0 Å². The van der Waals surface area contributed by atoms with Crippen LogP contribution in [-0.2, 0) is 9.59 Å². The van der Waals surface area contributed by atoms with Crippen molar-refractivity contribution >= 4 is 35.1 Å². The molecule has 0 unspecified atom stereocenters. The highest BCUT2D eigenvalue weighted by molar-refractivity contribution is 6.34. The third kappa shape index (κ3) is 4.64. The van der Waals surface area contributed by atoms with Gasteiger partial charge in [-0.3, -0.25) is 19.8 Å². The molecule has 2 atom stereocenters. The smallest absolute Gasteiger partial charge is 0.323 e. The minimum atomic E-state index is -0.902. The van der Waals surface area contributed by atoms with E-state index in [0.717, 1.165) is 32.1 Å². The number of hydrazine groups is 1. The SMILES string of the molecule is CC(=O)Nc1ccc(C(=O)NN2CC[C@@H](C3CCCCC3)[C@H]2C(=O)O)c(Cl)c1. The predicted molar refractivity (Wildman–Crippen MR) is 106 cm³/mol. The van der Waals surface area contributed by atoms with Crippen molar-refractivity contribution in [1.29, 1.82) is 0 Å². The van der Waals surface area contributed by atoms with Gasteiger partial charge in [0, 0.05) is 19.2 Å². The molecule has 7 nitrogen and oxygen atoms in total. The van der Waals surface area contributed by atoms with E-state index in [9.17, 15) is 19.5 Å². The van der Waals surface area contributed by atoms with E-state index in [0.29, 0.717) is 18.2 Å². The highest BCUT2D eigenvalue weighted by atomic mass is 35.5. The van der Waals surface area contributed by atoms with Crippen molar-refractivity contribution in [3.63, 3.8) is 0 Å². The van der Waals surface area contributed by atoms with Crippen LogP contribution in [0.1, 0.15) is 55.8 Å². The number of nitrogens with zero attached hydrogens (tertiary/aromatic N) is 1. The summed E-state index contributed by atoms with van der Waals surface area (Å²) in [7, 11) is 0.